The van der Waals surface area contributed by atoms with Gasteiger partial charge in [0.2, 0.25) is 10.0 Å². The molecule has 0 spiro atoms. The summed E-state index contributed by atoms with van der Waals surface area (Å²) >= 11 is 1.42. The first-order valence-electron chi connectivity index (χ1n) is 11.8. The van der Waals surface area contributed by atoms with Gasteiger partial charge < -0.3 is 9.30 Å². The van der Waals surface area contributed by atoms with E-state index in [-0.39, 0.29) is 36.4 Å². The lowest BCUT2D eigenvalue weighted by Crippen LogP contribution is -2.32. The number of rotatable bonds is 11. The van der Waals surface area contributed by atoms with Crippen LogP contribution >= 0.6 is 11.3 Å². The van der Waals surface area contributed by atoms with Gasteiger partial charge in [-0.2, -0.15) is 19.8 Å². The zero-order valence-corrected chi connectivity index (χ0v) is 22.7. The molecule has 0 radical (unpaired) electrons. The van der Waals surface area contributed by atoms with Gasteiger partial charge in [-0.05, 0) is 68.3 Å². The van der Waals surface area contributed by atoms with E-state index in [0.717, 1.165) is 25.6 Å². The van der Waals surface area contributed by atoms with Crippen molar-refractivity contribution in [3.8, 4) is 12.1 Å². The Bertz CT molecular complexity index is 1510. The third-order valence-electron chi connectivity index (χ3n) is 5.84. The van der Waals surface area contributed by atoms with Crippen LogP contribution in [0.25, 0.3) is 10.2 Å². The predicted molar refractivity (Wildman–Crippen MR) is 141 cm³/mol. The lowest BCUT2D eigenvalue weighted by molar-refractivity contribution is 0.0996. The Morgan fingerprint density at radius 2 is 1.70 bits per heavy atom. The van der Waals surface area contributed by atoms with Crippen molar-refractivity contribution in [2.45, 2.75) is 45.1 Å². The summed E-state index contributed by atoms with van der Waals surface area (Å²) in [6.07, 6.45) is 0.0231. The Balaban J connectivity index is 1.94. The topological polar surface area (TPSA) is 129 Å². The Morgan fingerprint density at radius 3 is 2.30 bits per heavy atom. The second-order valence-corrected chi connectivity index (χ2v) is 11.2. The molecule has 1 amide bonds. The molecule has 0 aliphatic carbocycles. The van der Waals surface area contributed by atoms with Gasteiger partial charge in [0, 0.05) is 44.6 Å². The highest BCUT2D eigenvalue weighted by molar-refractivity contribution is 7.89. The average molecular weight is 540 g/mol. The number of thiazole rings is 1. The van der Waals surface area contributed by atoms with Crippen molar-refractivity contribution in [3.05, 3.63) is 57.9 Å². The van der Waals surface area contributed by atoms with Gasteiger partial charge in [0.1, 0.15) is 0 Å². The van der Waals surface area contributed by atoms with Gasteiger partial charge in [0.25, 0.3) is 5.91 Å². The zero-order chi connectivity index (χ0) is 27.0. The van der Waals surface area contributed by atoms with Crippen molar-refractivity contribution >= 4 is 37.5 Å². The Kier molecular flexibility index (Phi) is 9.73. The summed E-state index contributed by atoms with van der Waals surface area (Å²) in [7, 11) is -3.92. The summed E-state index contributed by atoms with van der Waals surface area (Å²) in [5, 5.41) is 17.7. The molecule has 0 N–H and O–H groups in total. The van der Waals surface area contributed by atoms with Crippen LogP contribution in [0.4, 0.5) is 0 Å². The summed E-state index contributed by atoms with van der Waals surface area (Å²) in [6.45, 7) is 7.60. The normalized spacial score (nSPS) is 12.1. The standard InChI is InChI=1S/C26H29N5O4S2/c1-4-35-16-15-31-23-17-19(2)20(3)18-24(23)36-26(31)29-25(32)21-7-9-22(10-8-21)37(33,34)30(13-5-11-27)14-6-12-28/h7-10,17-18H,4-6,13-16H2,1-3H3. The molecule has 11 heteroatoms. The highest BCUT2D eigenvalue weighted by Crippen LogP contribution is 2.22. The van der Waals surface area contributed by atoms with Crippen LogP contribution in [-0.2, 0) is 21.3 Å². The molecule has 37 heavy (non-hydrogen) atoms. The van der Waals surface area contributed by atoms with Crippen LogP contribution in [0.5, 0.6) is 0 Å². The van der Waals surface area contributed by atoms with E-state index >= 15 is 0 Å². The Labute approximate surface area is 220 Å². The van der Waals surface area contributed by atoms with Gasteiger partial charge in [-0.15, -0.1) is 0 Å². The molecule has 0 atom stereocenters. The average Bonchev–Trinajstić information content (AvgIpc) is 3.19. The minimum Gasteiger partial charge on any atom is -0.380 e. The van der Waals surface area contributed by atoms with Gasteiger partial charge in [-0.3, -0.25) is 4.79 Å². The molecule has 0 unspecified atom stereocenters. The quantitative estimate of drug-likeness (QED) is 0.340. The van der Waals surface area contributed by atoms with E-state index in [4.69, 9.17) is 15.3 Å². The van der Waals surface area contributed by atoms with Crippen LogP contribution in [-0.4, -0.2) is 49.5 Å². The van der Waals surface area contributed by atoms with Crippen molar-refractivity contribution in [1.82, 2.24) is 8.87 Å². The lowest BCUT2D eigenvalue weighted by Gasteiger charge is -2.20. The summed E-state index contributed by atoms with van der Waals surface area (Å²) < 4.78 is 35.7. The number of hydrogen-bond acceptors (Lipinski definition) is 7. The number of carbonyl (C=O) groups excluding carboxylic acids is 1. The highest BCUT2D eigenvalue weighted by Gasteiger charge is 2.24. The number of nitriles is 2. The van der Waals surface area contributed by atoms with E-state index in [9.17, 15) is 13.2 Å². The highest BCUT2D eigenvalue weighted by atomic mass is 32.2. The van der Waals surface area contributed by atoms with E-state index < -0.39 is 15.9 Å². The number of fused-ring (bicyclic) bond motifs is 1. The molecule has 3 rings (SSSR count). The molecular weight excluding hydrogens is 510 g/mol. The van der Waals surface area contributed by atoms with E-state index in [1.807, 2.05) is 37.5 Å². The maximum absolute atomic E-state index is 13.0. The van der Waals surface area contributed by atoms with E-state index in [2.05, 4.69) is 17.1 Å². The second-order valence-electron chi connectivity index (χ2n) is 8.30. The summed E-state index contributed by atoms with van der Waals surface area (Å²) in [5.74, 6) is -0.486. The number of hydrogen-bond donors (Lipinski definition) is 0. The SMILES string of the molecule is CCOCCn1c(=NC(=O)c2ccc(S(=O)(=O)N(CCC#N)CCC#N)cc2)sc2cc(C)c(C)cc21. The third-order valence-corrected chi connectivity index (χ3v) is 8.80. The summed E-state index contributed by atoms with van der Waals surface area (Å²) in [4.78, 5) is 17.9. The third kappa shape index (κ3) is 6.70. The number of nitrogens with zero attached hydrogens (tertiary/aromatic N) is 5. The molecule has 9 nitrogen and oxygen atoms in total. The monoisotopic (exact) mass is 539 g/mol. The molecule has 0 fully saturated rings. The van der Waals surface area contributed by atoms with Crippen molar-refractivity contribution < 1.29 is 17.9 Å². The molecule has 0 aliphatic rings. The van der Waals surface area contributed by atoms with E-state index in [1.54, 1.807) is 0 Å². The van der Waals surface area contributed by atoms with Gasteiger partial charge in [0.05, 0.1) is 33.9 Å². The van der Waals surface area contributed by atoms with Crippen LogP contribution < -0.4 is 4.80 Å². The molecule has 2 aromatic carbocycles. The maximum atomic E-state index is 13.0. The van der Waals surface area contributed by atoms with Crippen LogP contribution in [0.1, 0.15) is 41.3 Å². The maximum Gasteiger partial charge on any atom is 0.279 e. The smallest absolute Gasteiger partial charge is 0.279 e. The van der Waals surface area contributed by atoms with Crippen molar-refractivity contribution in [2.24, 2.45) is 4.99 Å². The molecule has 3 aromatic rings. The first kappa shape index (κ1) is 28.2. The molecule has 0 aliphatic heterocycles. The molecule has 194 valence electrons. The van der Waals surface area contributed by atoms with Gasteiger partial charge in [-0.25, -0.2) is 8.42 Å². The molecule has 1 aromatic heterocycles. The first-order valence-corrected chi connectivity index (χ1v) is 14.1. The number of ether oxygens (including phenoxy) is 1. The fourth-order valence-electron chi connectivity index (χ4n) is 3.69. The minimum atomic E-state index is -3.92. The van der Waals surface area contributed by atoms with Crippen molar-refractivity contribution in [2.75, 3.05) is 26.3 Å². The first-order chi connectivity index (χ1) is 17.7. The summed E-state index contributed by atoms with van der Waals surface area (Å²) in [6, 6.07) is 13.6. The number of aromatic nitrogens is 1. The van der Waals surface area contributed by atoms with Crippen LogP contribution in [0.2, 0.25) is 0 Å². The zero-order valence-electron chi connectivity index (χ0n) is 21.1. The van der Waals surface area contributed by atoms with Crippen molar-refractivity contribution in [3.63, 3.8) is 0 Å². The number of benzene rings is 2. The fraction of sp³-hybridized carbons (Fsp3) is 0.385. The predicted octanol–water partition coefficient (Wildman–Crippen LogP) is 3.92. The minimum absolute atomic E-state index is 0.0108. The van der Waals surface area contributed by atoms with Crippen LogP contribution in [0.3, 0.4) is 0 Å². The lowest BCUT2D eigenvalue weighted by atomic mass is 10.1. The molecular formula is C26H29N5O4S2. The Morgan fingerprint density at radius 1 is 1.08 bits per heavy atom. The van der Waals surface area contributed by atoms with Crippen LogP contribution in [0, 0.1) is 36.5 Å². The second kappa shape index (κ2) is 12.7. The summed E-state index contributed by atoms with van der Waals surface area (Å²) in [5.41, 5.74) is 3.53. The molecule has 0 saturated heterocycles. The largest absolute Gasteiger partial charge is 0.380 e. The number of carbonyl (C=O) groups is 1. The molecule has 0 bridgehead atoms. The van der Waals surface area contributed by atoms with E-state index in [1.165, 1.54) is 35.6 Å². The fourth-order valence-corrected chi connectivity index (χ4v) is 6.27. The number of aryl methyl sites for hydroxylation is 2. The number of sulfonamides is 1. The van der Waals surface area contributed by atoms with Gasteiger partial charge in [0.15, 0.2) is 4.80 Å². The Hall–Kier alpha value is -3.35. The number of amides is 1. The van der Waals surface area contributed by atoms with Crippen molar-refractivity contribution in [1.29, 1.82) is 10.5 Å². The van der Waals surface area contributed by atoms with Gasteiger partial charge >= 0.3 is 0 Å². The van der Waals surface area contributed by atoms with E-state index in [0.29, 0.717) is 24.6 Å². The molecule has 0 saturated carbocycles. The van der Waals surface area contributed by atoms with Gasteiger partial charge in [-0.1, -0.05) is 11.3 Å². The van der Waals surface area contributed by atoms with Crippen LogP contribution in [0.15, 0.2) is 46.3 Å². The molecule has 1 heterocycles.